The number of hydrogen-bond donors (Lipinski definition) is 1. The summed E-state index contributed by atoms with van der Waals surface area (Å²) in [6, 6.07) is 9.46. The van der Waals surface area contributed by atoms with Crippen LogP contribution < -0.4 is 10.1 Å². The summed E-state index contributed by atoms with van der Waals surface area (Å²) < 4.78 is 32.8. The van der Waals surface area contributed by atoms with E-state index in [1.807, 2.05) is 6.92 Å². The summed E-state index contributed by atoms with van der Waals surface area (Å²) in [4.78, 5) is 0. The molecule has 0 saturated carbocycles. The van der Waals surface area contributed by atoms with E-state index in [9.17, 15) is 8.78 Å². The summed E-state index contributed by atoms with van der Waals surface area (Å²) >= 11 is 3.32. The molecule has 2 aromatic rings. The molecule has 0 amide bonds. The largest absolute Gasteiger partial charge is 0.494 e. The summed E-state index contributed by atoms with van der Waals surface area (Å²) in [6.07, 6.45) is 0. The molecular weight excluding hydrogens is 340 g/mol. The first kappa shape index (κ1) is 15.9. The molecule has 1 N–H and O–H groups in total. The van der Waals surface area contributed by atoms with E-state index in [-0.39, 0.29) is 17.6 Å². The maximum Gasteiger partial charge on any atom is 0.165 e. The van der Waals surface area contributed by atoms with Gasteiger partial charge in [0.05, 0.1) is 7.11 Å². The highest BCUT2D eigenvalue weighted by Crippen LogP contribution is 2.23. The summed E-state index contributed by atoms with van der Waals surface area (Å²) in [6.45, 7) is 2.31. The molecule has 0 aliphatic heterocycles. The van der Waals surface area contributed by atoms with Gasteiger partial charge in [-0.3, -0.25) is 0 Å². The van der Waals surface area contributed by atoms with Gasteiger partial charge in [0.15, 0.2) is 11.6 Å². The maximum absolute atomic E-state index is 13.7. The Bertz CT molecular complexity index is 634. The second kappa shape index (κ2) is 7.00. The third-order valence-corrected chi connectivity index (χ3v) is 3.77. The molecule has 5 heteroatoms. The van der Waals surface area contributed by atoms with E-state index in [0.29, 0.717) is 12.1 Å². The molecule has 0 radical (unpaired) electrons. The molecule has 0 saturated heterocycles. The number of nitrogens with one attached hydrogen (secondary N) is 1. The molecule has 0 aliphatic rings. The van der Waals surface area contributed by atoms with Crippen LogP contribution in [0, 0.1) is 11.6 Å². The minimum atomic E-state index is -0.397. The van der Waals surface area contributed by atoms with E-state index in [0.717, 1.165) is 10.0 Å². The number of methoxy groups -OCH3 is 1. The van der Waals surface area contributed by atoms with Crippen LogP contribution in [0.1, 0.15) is 24.1 Å². The first-order valence-electron chi connectivity index (χ1n) is 6.52. The van der Waals surface area contributed by atoms with Gasteiger partial charge in [-0.25, -0.2) is 8.78 Å². The van der Waals surface area contributed by atoms with Crippen LogP contribution in [-0.4, -0.2) is 7.11 Å². The lowest BCUT2D eigenvalue weighted by atomic mass is 10.1. The second-order valence-corrected chi connectivity index (χ2v) is 5.65. The van der Waals surface area contributed by atoms with Gasteiger partial charge < -0.3 is 10.1 Å². The van der Waals surface area contributed by atoms with E-state index >= 15 is 0 Å². The second-order valence-electron chi connectivity index (χ2n) is 4.73. The van der Waals surface area contributed by atoms with Crippen molar-refractivity contribution in [2.24, 2.45) is 0 Å². The van der Waals surface area contributed by atoms with Gasteiger partial charge in [0, 0.05) is 22.6 Å². The summed E-state index contributed by atoms with van der Waals surface area (Å²) in [5, 5.41) is 3.22. The Morgan fingerprint density at radius 1 is 1.14 bits per heavy atom. The average Bonchev–Trinajstić information content (AvgIpc) is 2.48. The normalized spacial score (nSPS) is 12.2. The smallest absolute Gasteiger partial charge is 0.165 e. The van der Waals surface area contributed by atoms with Crippen molar-refractivity contribution in [1.29, 1.82) is 0 Å². The standard InChI is InChI=1S/C16H16BrF2NO/c1-10(11-3-5-15(19)16(8-11)21-2)20-9-12-7-13(17)4-6-14(12)18/h3-8,10,20H,9H2,1-2H3. The number of benzene rings is 2. The molecule has 112 valence electrons. The van der Waals surface area contributed by atoms with E-state index in [4.69, 9.17) is 4.74 Å². The zero-order valence-corrected chi connectivity index (χ0v) is 13.4. The van der Waals surface area contributed by atoms with Crippen LogP contribution >= 0.6 is 15.9 Å². The van der Waals surface area contributed by atoms with Crippen LogP contribution in [0.25, 0.3) is 0 Å². The molecule has 2 nitrogen and oxygen atoms in total. The fraction of sp³-hybridized carbons (Fsp3) is 0.250. The summed E-state index contributed by atoms with van der Waals surface area (Å²) in [5.74, 6) is -0.448. The van der Waals surface area contributed by atoms with Gasteiger partial charge in [-0.1, -0.05) is 22.0 Å². The molecule has 0 spiro atoms. The van der Waals surface area contributed by atoms with Gasteiger partial charge in [-0.05, 0) is 42.8 Å². The predicted molar refractivity (Wildman–Crippen MR) is 82.3 cm³/mol. The topological polar surface area (TPSA) is 21.3 Å². The van der Waals surface area contributed by atoms with Gasteiger partial charge in [0.1, 0.15) is 5.82 Å². The van der Waals surface area contributed by atoms with Gasteiger partial charge in [0.2, 0.25) is 0 Å². The van der Waals surface area contributed by atoms with E-state index < -0.39 is 5.82 Å². The number of ether oxygens (including phenoxy) is 1. The van der Waals surface area contributed by atoms with Crippen LogP contribution in [0.5, 0.6) is 5.75 Å². The lowest BCUT2D eigenvalue weighted by Crippen LogP contribution is -2.19. The Hall–Kier alpha value is -1.46. The molecular formula is C16H16BrF2NO. The van der Waals surface area contributed by atoms with Crippen molar-refractivity contribution in [1.82, 2.24) is 5.32 Å². The van der Waals surface area contributed by atoms with E-state index in [1.54, 1.807) is 24.3 Å². The van der Waals surface area contributed by atoms with E-state index in [2.05, 4.69) is 21.2 Å². The van der Waals surface area contributed by atoms with Gasteiger partial charge in [-0.2, -0.15) is 0 Å². The molecule has 0 bridgehead atoms. The van der Waals surface area contributed by atoms with Gasteiger partial charge in [0.25, 0.3) is 0 Å². The van der Waals surface area contributed by atoms with Crippen molar-refractivity contribution in [3.63, 3.8) is 0 Å². The highest BCUT2D eigenvalue weighted by atomic mass is 79.9. The Balaban J connectivity index is 2.08. The SMILES string of the molecule is COc1cc(C(C)NCc2cc(Br)ccc2F)ccc1F. The molecule has 2 aromatic carbocycles. The highest BCUT2D eigenvalue weighted by Gasteiger charge is 2.10. The van der Waals surface area contributed by atoms with Crippen molar-refractivity contribution in [3.8, 4) is 5.75 Å². The van der Waals surface area contributed by atoms with Crippen molar-refractivity contribution < 1.29 is 13.5 Å². The van der Waals surface area contributed by atoms with Crippen LogP contribution in [0.4, 0.5) is 8.78 Å². The van der Waals surface area contributed by atoms with Crippen LogP contribution in [0.15, 0.2) is 40.9 Å². The lowest BCUT2D eigenvalue weighted by Gasteiger charge is -2.16. The van der Waals surface area contributed by atoms with Crippen LogP contribution in [0.2, 0.25) is 0 Å². The molecule has 21 heavy (non-hydrogen) atoms. The Morgan fingerprint density at radius 2 is 1.86 bits per heavy atom. The summed E-state index contributed by atoms with van der Waals surface area (Å²) in [7, 11) is 1.43. The number of rotatable bonds is 5. The summed E-state index contributed by atoms with van der Waals surface area (Å²) in [5.41, 5.74) is 1.45. The van der Waals surface area contributed by atoms with Gasteiger partial charge in [-0.15, -0.1) is 0 Å². The van der Waals surface area contributed by atoms with Gasteiger partial charge >= 0.3 is 0 Å². The number of hydrogen-bond acceptors (Lipinski definition) is 2. The quantitative estimate of drug-likeness (QED) is 0.846. The monoisotopic (exact) mass is 355 g/mol. The fourth-order valence-corrected chi connectivity index (χ4v) is 2.41. The number of halogens is 3. The zero-order valence-electron chi connectivity index (χ0n) is 11.8. The zero-order chi connectivity index (χ0) is 15.4. The molecule has 1 unspecified atom stereocenters. The minimum absolute atomic E-state index is 0.0575. The van der Waals surface area contributed by atoms with Crippen LogP contribution in [-0.2, 0) is 6.54 Å². The predicted octanol–water partition coefficient (Wildman–Crippen LogP) is 4.59. The third kappa shape index (κ3) is 4.02. The molecule has 0 aliphatic carbocycles. The van der Waals surface area contributed by atoms with Crippen molar-refractivity contribution in [2.45, 2.75) is 19.5 Å². The Kier molecular flexibility index (Phi) is 5.31. The first-order chi connectivity index (χ1) is 10.0. The fourth-order valence-electron chi connectivity index (χ4n) is 2.01. The maximum atomic E-state index is 13.7. The average molecular weight is 356 g/mol. The van der Waals surface area contributed by atoms with Crippen LogP contribution in [0.3, 0.4) is 0 Å². The minimum Gasteiger partial charge on any atom is -0.494 e. The highest BCUT2D eigenvalue weighted by molar-refractivity contribution is 9.10. The Labute approximate surface area is 131 Å². The van der Waals surface area contributed by atoms with E-state index in [1.165, 1.54) is 19.2 Å². The molecule has 0 aromatic heterocycles. The first-order valence-corrected chi connectivity index (χ1v) is 7.31. The molecule has 0 fully saturated rings. The molecule has 2 rings (SSSR count). The van der Waals surface area contributed by atoms with Crippen molar-refractivity contribution in [2.75, 3.05) is 7.11 Å². The molecule has 1 atom stereocenters. The Morgan fingerprint density at radius 3 is 2.57 bits per heavy atom. The molecule has 0 heterocycles. The van der Waals surface area contributed by atoms with Crippen molar-refractivity contribution >= 4 is 15.9 Å². The van der Waals surface area contributed by atoms with Crippen molar-refractivity contribution in [3.05, 3.63) is 63.6 Å². The lowest BCUT2D eigenvalue weighted by molar-refractivity contribution is 0.385. The third-order valence-electron chi connectivity index (χ3n) is 3.28.